The summed E-state index contributed by atoms with van der Waals surface area (Å²) in [5, 5.41) is 1.89. The maximum Gasteiger partial charge on any atom is 0.471 e. The highest BCUT2D eigenvalue weighted by molar-refractivity contribution is 5.90. The second-order valence-corrected chi connectivity index (χ2v) is 7.79. The minimum atomic E-state index is -4.99. The van der Waals surface area contributed by atoms with Crippen molar-refractivity contribution < 1.29 is 22.8 Å². The molecule has 0 bridgehead atoms. The molecule has 2 aliphatic rings. The van der Waals surface area contributed by atoms with E-state index in [1.807, 2.05) is 12.2 Å². The Labute approximate surface area is 128 Å². The fraction of sp³-hybridized carbons (Fsp3) is 0.867. The quantitative estimate of drug-likeness (QED) is 0.850. The van der Waals surface area contributed by atoms with E-state index in [0.717, 1.165) is 19.3 Å². The third kappa shape index (κ3) is 3.38. The van der Waals surface area contributed by atoms with Crippen LogP contribution in [0.3, 0.4) is 0 Å². The third-order valence-corrected chi connectivity index (χ3v) is 4.65. The molecule has 1 heterocycles. The summed E-state index contributed by atoms with van der Waals surface area (Å²) in [6.07, 6.45) is -1.96. The average molecular weight is 320 g/mol. The van der Waals surface area contributed by atoms with Crippen LogP contribution in [0.25, 0.3) is 0 Å². The highest BCUT2D eigenvalue weighted by atomic mass is 19.4. The highest BCUT2D eigenvalue weighted by Crippen LogP contribution is 2.54. The summed E-state index contributed by atoms with van der Waals surface area (Å²) in [7, 11) is 0. The summed E-state index contributed by atoms with van der Waals surface area (Å²) in [6.45, 7) is 7.46. The van der Waals surface area contributed by atoms with Crippen molar-refractivity contribution in [2.75, 3.05) is 6.54 Å². The van der Waals surface area contributed by atoms with Crippen LogP contribution in [0, 0.1) is 10.8 Å². The molecular weight excluding hydrogens is 297 g/mol. The molecule has 2 atom stereocenters. The van der Waals surface area contributed by atoms with Crippen molar-refractivity contribution in [3.63, 3.8) is 0 Å². The zero-order chi connectivity index (χ0) is 16.9. The summed E-state index contributed by atoms with van der Waals surface area (Å²) in [5.41, 5.74) is -0.622. The lowest BCUT2D eigenvalue weighted by Crippen LogP contribution is -2.57. The highest BCUT2D eigenvalue weighted by Gasteiger charge is 2.54. The van der Waals surface area contributed by atoms with Crippen molar-refractivity contribution in [2.45, 2.75) is 65.2 Å². The number of carbonyl (C=O) groups is 2. The van der Waals surface area contributed by atoms with E-state index in [9.17, 15) is 22.8 Å². The summed E-state index contributed by atoms with van der Waals surface area (Å²) in [6, 6.07) is -1.18. The topological polar surface area (TPSA) is 49.4 Å². The predicted octanol–water partition coefficient (Wildman–Crippen LogP) is 2.48. The number of alkyl halides is 3. The number of hydrogen-bond acceptors (Lipinski definition) is 2. The van der Waals surface area contributed by atoms with Gasteiger partial charge in [0.2, 0.25) is 5.91 Å². The van der Waals surface area contributed by atoms with Gasteiger partial charge in [0.1, 0.15) is 6.04 Å². The fourth-order valence-electron chi connectivity index (χ4n) is 3.18. The van der Waals surface area contributed by atoms with Crippen LogP contribution >= 0.6 is 0 Å². The van der Waals surface area contributed by atoms with Crippen LogP contribution in [-0.4, -0.2) is 41.5 Å². The van der Waals surface area contributed by atoms with Gasteiger partial charge in [-0.1, -0.05) is 20.8 Å². The number of hydrogen-bond donors (Lipinski definition) is 1. The standard InChI is InChI=1S/C15H23F3N2O2/c1-9-7-14(5-6-14)8-20(9)11(21)10(13(2,3)4)19-12(22)15(16,17)18/h9-10H,5-8H2,1-4H3,(H,19,22)/t9-,10-/m1/s1. The van der Waals surface area contributed by atoms with Gasteiger partial charge < -0.3 is 10.2 Å². The molecule has 2 rings (SSSR count). The second kappa shape index (κ2) is 5.13. The Morgan fingerprint density at radius 2 is 1.77 bits per heavy atom. The predicted molar refractivity (Wildman–Crippen MR) is 74.9 cm³/mol. The Balaban J connectivity index is 2.15. The van der Waals surface area contributed by atoms with Gasteiger partial charge in [-0.05, 0) is 37.0 Å². The number of rotatable bonds is 2. The Bertz CT molecular complexity index is 478. The lowest BCUT2D eigenvalue weighted by Gasteiger charge is -2.35. The first kappa shape index (κ1) is 17.1. The van der Waals surface area contributed by atoms with Crippen LogP contribution in [0.5, 0.6) is 0 Å². The van der Waals surface area contributed by atoms with E-state index in [1.165, 1.54) is 0 Å². The van der Waals surface area contributed by atoms with Gasteiger partial charge >= 0.3 is 12.1 Å². The van der Waals surface area contributed by atoms with Crippen molar-refractivity contribution in [2.24, 2.45) is 10.8 Å². The molecule has 1 saturated heterocycles. The second-order valence-electron chi connectivity index (χ2n) is 7.79. The van der Waals surface area contributed by atoms with E-state index >= 15 is 0 Å². The number of halogens is 3. The minimum absolute atomic E-state index is 0.00244. The first-order valence-corrected chi connectivity index (χ1v) is 7.54. The van der Waals surface area contributed by atoms with Crippen LogP contribution in [0.2, 0.25) is 0 Å². The smallest absolute Gasteiger partial charge is 0.338 e. The van der Waals surface area contributed by atoms with Crippen LogP contribution in [0.1, 0.15) is 47.0 Å². The fourth-order valence-corrected chi connectivity index (χ4v) is 3.18. The molecule has 0 aromatic carbocycles. The van der Waals surface area contributed by atoms with Crippen molar-refractivity contribution in [3.8, 4) is 0 Å². The molecule has 0 radical (unpaired) electrons. The number of nitrogens with one attached hydrogen (secondary N) is 1. The van der Waals surface area contributed by atoms with E-state index in [2.05, 4.69) is 0 Å². The van der Waals surface area contributed by atoms with Gasteiger partial charge in [0, 0.05) is 12.6 Å². The molecule has 1 aliphatic carbocycles. The van der Waals surface area contributed by atoms with Crippen LogP contribution in [0.4, 0.5) is 13.2 Å². The van der Waals surface area contributed by atoms with Gasteiger partial charge in [-0.25, -0.2) is 0 Å². The Kier molecular flexibility index (Phi) is 3.99. The van der Waals surface area contributed by atoms with E-state index in [0.29, 0.717) is 6.54 Å². The molecule has 2 amide bonds. The number of likely N-dealkylation sites (tertiary alicyclic amines) is 1. The summed E-state index contributed by atoms with van der Waals surface area (Å²) < 4.78 is 37.5. The Morgan fingerprint density at radius 3 is 2.14 bits per heavy atom. The molecule has 0 aromatic heterocycles. The molecule has 126 valence electrons. The van der Waals surface area contributed by atoms with E-state index in [1.54, 1.807) is 25.7 Å². The lowest BCUT2D eigenvalue weighted by molar-refractivity contribution is -0.176. The molecule has 22 heavy (non-hydrogen) atoms. The van der Waals surface area contributed by atoms with E-state index in [4.69, 9.17) is 0 Å². The van der Waals surface area contributed by atoms with Crippen molar-refractivity contribution in [3.05, 3.63) is 0 Å². The molecule has 1 saturated carbocycles. The molecule has 1 N–H and O–H groups in total. The summed E-state index contributed by atoms with van der Waals surface area (Å²) in [5.74, 6) is -2.48. The van der Waals surface area contributed by atoms with Crippen molar-refractivity contribution in [1.29, 1.82) is 0 Å². The first-order chi connectivity index (χ1) is 9.86. The van der Waals surface area contributed by atoms with Gasteiger partial charge in [0.15, 0.2) is 0 Å². The summed E-state index contributed by atoms with van der Waals surface area (Å²) in [4.78, 5) is 25.6. The maximum atomic E-state index is 12.7. The largest absolute Gasteiger partial charge is 0.471 e. The molecular formula is C15H23F3N2O2. The van der Waals surface area contributed by atoms with Crippen LogP contribution in [-0.2, 0) is 9.59 Å². The maximum absolute atomic E-state index is 12.7. The molecule has 2 fully saturated rings. The van der Waals surface area contributed by atoms with Gasteiger partial charge in [-0.15, -0.1) is 0 Å². The number of carbonyl (C=O) groups excluding carboxylic acids is 2. The van der Waals surface area contributed by atoms with Gasteiger partial charge in [0.05, 0.1) is 0 Å². The van der Waals surface area contributed by atoms with Crippen LogP contribution < -0.4 is 5.32 Å². The normalized spacial score (nSPS) is 25.2. The number of amides is 2. The Morgan fingerprint density at radius 1 is 1.23 bits per heavy atom. The Hall–Kier alpha value is -1.27. The molecule has 0 unspecified atom stereocenters. The van der Waals surface area contributed by atoms with Crippen molar-refractivity contribution >= 4 is 11.8 Å². The molecule has 1 aliphatic heterocycles. The first-order valence-electron chi connectivity index (χ1n) is 7.54. The molecule has 7 heteroatoms. The summed E-state index contributed by atoms with van der Waals surface area (Å²) >= 11 is 0. The zero-order valence-corrected chi connectivity index (χ0v) is 13.4. The van der Waals surface area contributed by atoms with Gasteiger partial charge in [-0.2, -0.15) is 13.2 Å². The molecule has 1 spiro atoms. The zero-order valence-electron chi connectivity index (χ0n) is 13.4. The van der Waals surface area contributed by atoms with Crippen LogP contribution in [0.15, 0.2) is 0 Å². The molecule has 0 aromatic rings. The number of nitrogens with zero attached hydrogens (tertiary/aromatic N) is 1. The van der Waals surface area contributed by atoms with Crippen molar-refractivity contribution in [1.82, 2.24) is 10.2 Å². The van der Waals surface area contributed by atoms with Gasteiger partial charge in [-0.3, -0.25) is 9.59 Å². The minimum Gasteiger partial charge on any atom is -0.338 e. The average Bonchev–Trinajstić information content (AvgIpc) is 2.99. The van der Waals surface area contributed by atoms with E-state index < -0.39 is 29.4 Å². The third-order valence-electron chi connectivity index (χ3n) is 4.65. The lowest BCUT2D eigenvalue weighted by atomic mass is 9.85. The monoisotopic (exact) mass is 320 g/mol. The van der Waals surface area contributed by atoms with E-state index in [-0.39, 0.29) is 11.5 Å². The van der Waals surface area contributed by atoms with Gasteiger partial charge in [0.25, 0.3) is 0 Å². The molecule has 4 nitrogen and oxygen atoms in total. The SMILES string of the molecule is C[C@@H]1CC2(CC2)CN1C(=O)[C@@H](NC(=O)C(F)(F)F)C(C)(C)C.